The second kappa shape index (κ2) is 13.3. The Balaban J connectivity index is 1.94. The van der Waals surface area contributed by atoms with Crippen molar-refractivity contribution in [1.82, 2.24) is 14.5 Å². The fourth-order valence-corrected chi connectivity index (χ4v) is 5.62. The average Bonchev–Trinajstić information content (AvgIpc) is 2.95. The molecule has 3 amide bonds. The Labute approximate surface area is 236 Å². The van der Waals surface area contributed by atoms with E-state index in [2.05, 4.69) is 10.6 Å². The van der Waals surface area contributed by atoms with E-state index in [9.17, 15) is 23.1 Å². The number of urea groups is 1. The third kappa shape index (κ3) is 7.64. The maximum absolute atomic E-state index is 13.4. The highest BCUT2D eigenvalue weighted by Gasteiger charge is 2.33. The van der Waals surface area contributed by atoms with E-state index in [4.69, 9.17) is 9.47 Å². The minimum atomic E-state index is -3.85. The quantitative estimate of drug-likeness (QED) is 0.417. The third-order valence-corrected chi connectivity index (χ3v) is 8.64. The lowest BCUT2D eigenvalue weighted by Gasteiger charge is -2.33. The van der Waals surface area contributed by atoms with Crippen LogP contribution in [0.3, 0.4) is 0 Å². The number of benzene rings is 2. The fourth-order valence-electron chi connectivity index (χ4n) is 4.43. The Hall–Kier alpha value is -3.35. The van der Waals surface area contributed by atoms with E-state index in [1.807, 2.05) is 20.8 Å². The van der Waals surface area contributed by atoms with Gasteiger partial charge in [-0.15, -0.1) is 0 Å². The van der Waals surface area contributed by atoms with Crippen LogP contribution in [0.1, 0.15) is 33.3 Å². The van der Waals surface area contributed by atoms with E-state index < -0.39 is 22.2 Å². The van der Waals surface area contributed by atoms with Gasteiger partial charge in [0.05, 0.1) is 37.6 Å². The topological polar surface area (TPSA) is 138 Å². The van der Waals surface area contributed by atoms with Crippen molar-refractivity contribution >= 4 is 27.6 Å². The number of amides is 3. The summed E-state index contributed by atoms with van der Waals surface area (Å²) in [6.45, 7) is 7.40. The lowest BCUT2D eigenvalue weighted by molar-refractivity contribution is -0.134. The number of carbonyl (C=O) groups excluding carboxylic acids is 2. The molecule has 1 aliphatic heterocycles. The van der Waals surface area contributed by atoms with Gasteiger partial charge in [-0.2, -0.15) is 4.31 Å². The van der Waals surface area contributed by atoms with E-state index in [1.54, 1.807) is 42.2 Å². The number of carbonyl (C=O) groups is 2. The molecule has 1 aliphatic rings. The monoisotopic (exact) mass is 576 g/mol. The lowest BCUT2D eigenvalue weighted by atomic mass is 10.0. The zero-order valence-corrected chi connectivity index (χ0v) is 24.7. The molecule has 0 saturated carbocycles. The highest BCUT2D eigenvalue weighted by atomic mass is 32.2. The standard InChI is InChI=1S/C28H40N4O7S/c1-18(2)29-28(35)30-22-7-12-25-21(13-22)14-27(34)32(20(4)17-33)15-19(3)26(39-25)16-31(5)40(36,37)24-10-8-23(38-6)9-11-24/h7-13,18-20,26,33H,14-17H2,1-6H3,(H2,29,30,35)/t19-,20-,26+/m1/s1. The van der Waals surface area contributed by atoms with Crippen LogP contribution < -0.4 is 20.1 Å². The summed E-state index contributed by atoms with van der Waals surface area (Å²) in [7, 11) is -0.850. The number of ether oxygens (including phenoxy) is 2. The van der Waals surface area contributed by atoms with Gasteiger partial charge in [-0.3, -0.25) is 4.79 Å². The fraction of sp³-hybridized carbons (Fsp3) is 0.500. The SMILES string of the molecule is COc1ccc(S(=O)(=O)N(C)C[C@@H]2Oc3ccc(NC(=O)NC(C)C)cc3CC(=O)N([C@H](C)CO)C[C@H]2C)cc1. The number of rotatable bonds is 9. The van der Waals surface area contributed by atoms with Crippen LogP contribution in [0.5, 0.6) is 11.5 Å². The van der Waals surface area contributed by atoms with Crippen LogP contribution in [-0.2, 0) is 21.2 Å². The first-order chi connectivity index (χ1) is 18.8. The first kappa shape index (κ1) is 31.2. The number of anilines is 1. The zero-order valence-electron chi connectivity index (χ0n) is 23.9. The molecule has 3 N–H and O–H groups in total. The molecule has 2 aromatic rings. The van der Waals surface area contributed by atoms with E-state index in [-0.39, 0.29) is 54.9 Å². The van der Waals surface area contributed by atoms with Gasteiger partial charge in [0.15, 0.2) is 0 Å². The van der Waals surface area contributed by atoms with Crippen LogP contribution in [0.4, 0.5) is 10.5 Å². The van der Waals surface area contributed by atoms with Crippen LogP contribution in [0.15, 0.2) is 47.4 Å². The van der Waals surface area contributed by atoms with Crippen molar-refractivity contribution in [2.75, 3.05) is 39.2 Å². The maximum Gasteiger partial charge on any atom is 0.319 e. The maximum atomic E-state index is 13.4. The number of aliphatic hydroxyl groups is 1. The summed E-state index contributed by atoms with van der Waals surface area (Å²) >= 11 is 0. The Morgan fingerprint density at radius 2 is 1.88 bits per heavy atom. The van der Waals surface area contributed by atoms with Gasteiger partial charge in [0.1, 0.15) is 17.6 Å². The van der Waals surface area contributed by atoms with Crippen LogP contribution in [0.25, 0.3) is 0 Å². The average molecular weight is 577 g/mol. The smallest absolute Gasteiger partial charge is 0.319 e. The number of likely N-dealkylation sites (N-methyl/N-ethyl adjacent to an activating group) is 1. The predicted octanol–water partition coefficient (Wildman–Crippen LogP) is 2.69. The van der Waals surface area contributed by atoms with E-state index >= 15 is 0 Å². The molecule has 3 rings (SSSR count). The molecule has 11 nitrogen and oxygen atoms in total. The van der Waals surface area contributed by atoms with Crippen LogP contribution in [0, 0.1) is 5.92 Å². The van der Waals surface area contributed by atoms with Gasteiger partial charge in [-0.05, 0) is 63.2 Å². The Morgan fingerprint density at radius 1 is 1.20 bits per heavy atom. The van der Waals surface area contributed by atoms with Gasteiger partial charge in [-0.1, -0.05) is 6.92 Å². The van der Waals surface area contributed by atoms with Crippen LogP contribution >= 0.6 is 0 Å². The molecule has 0 aliphatic carbocycles. The molecule has 220 valence electrons. The van der Waals surface area contributed by atoms with Gasteiger partial charge in [0.2, 0.25) is 15.9 Å². The summed E-state index contributed by atoms with van der Waals surface area (Å²) in [6.07, 6.45) is -0.639. The minimum Gasteiger partial charge on any atom is -0.497 e. The van der Waals surface area contributed by atoms with Crippen LogP contribution in [0.2, 0.25) is 0 Å². The first-order valence-electron chi connectivity index (χ1n) is 13.2. The van der Waals surface area contributed by atoms with Crippen molar-refractivity contribution in [3.63, 3.8) is 0 Å². The molecule has 0 bridgehead atoms. The van der Waals surface area contributed by atoms with Gasteiger partial charge >= 0.3 is 6.03 Å². The van der Waals surface area contributed by atoms with Crippen molar-refractivity contribution in [3.8, 4) is 11.5 Å². The number of aliphatic hydroxyl groups excluding tert-OH is 1. The predicted molar refractivity (Wildman–Crippen MR) is 152 cm³/mol. The molecule has 0 spiro atoms. The molecule has 0 unspecified atom stereocenters. The van der Waals surface area contributed by atoms with Crippen molar-refractivity contribution in [3.05, 3.63) is 48.0 Å². The number of fused-ring (bicyclic) bond motifs is 1. The number of methoxy groups -OCH3 is 1. The second-order valence-electron chi connectivity index (χ2n) is 10.4. The molecule has 3 atom stereocenters. The van der Waals surface area contributed by atoms with Crippen LogP contribution in [-0.4, -0.2) is 86.7 Å². The molecule has 0 radical (unpaired) electrons. The number of sulfonamides is 1. The largest absolute Gasteiger partial charge is 0.497 e. The Morgan fingerprint density at radius 3 is 2.48 bits per heavy atom. The molecule has 2 aromatic carbocycles. The highest BCUT2D eigenvalue weighted by molar-refractivity contribution is 7.89. The summed E-state index contributed by atoms with van der Waals surface area (Å²) in [5, 5.41) is 15.4. The second-order valence-corrected chi connectivity index (χ2v) is 12.5. The molecule has 1 heterocycles. The lowest BCUT2D eigenvalue weighted by Crippen LogP contribution is -2.48. The summed E-state index contributed by atoms with van der Waals surface area (Å²) in [6, 6.07) is 10.3. The summed E-state index contributed by atoms with van der Waals surface area (Å²) in [5.74, 6) is 0.479. The molecule has 12 heteroatoms. The van der Waals surface area contributed by atoms with E-state index in [0.717, 1.165) is 0 Å². The zero-order chi connectivity index (χ0) is 29.6. The molecule has 0 saturated heterocycles. The summed E-state index contributed by atoms with van der Waals surface area (Å²) in [4.78, 5) is 27.3. The normalized spacial score (nSPS) is 18.7. The minimum absolute atomic E-state index is 0.0135. The van der Waals surface area contributed by atoms with Crippen molar-refractivity contribution in [2.24, 2.45) is 5.92 Å². The third-order valence-electron chi connectivity index (χ3n) is 6.80. The Kier molecular flexibility index (Phi) is 10.4. The summed E-state index contributed by atoms with van der Waals surface area (Å²) < 4.78 is 39.5. The van der Waals surface area contributed by atoms with Crippen molar-refractivity contribution in [2.45, 2.75) is 57.2 Å². The molecule has 0 fully saturated rings. The molecule has 0 aromatic heterocycles. The summed E-state index contributed by atoms with van der Waals surface area (Å²) in [5.41, 5.74) is 1.03. The van der Waals surface area contributed by atoms with Crippen molar-refractivity contribution < 1.29 is 32.6 Å². The molecule has 40 heavy (non-hydrogen) atoms. The number of hydrogen-bond acceptors (Lipinski definition) is 7. The molecular formula is C28H40N4O7S. The van der Waals surface area contributed by atoms with Gasteiger partial charge < -0.3 is 30.1 Å². The van der Waals surface area contributed by atoms with Gasteiger partial charge in [0, 0.05) is 36.8 Å². The first-order valence-corrected chi connectivity index (χ1v) is 14.7. The number of nitrogens with zero attached hydrogens (tertiary/aromatic N) is 2. The van der Waals surface area contributed by atoms with Gasteiger partial charge in [-0.25, -0.2) is 13.2 Å². The molecular weight excluding hydrogens is 536 g/mol. The Bertz CT molecular complexity index is 1280. The highest BCUT2D eigenvalue weighted by Crippen LogP contribution is 2.30. The van der Waals surface area contributed by atoms with Crippen molar-refractivity contribution in [1.29, 1.82) is 0 Å². The van der Waals surface area contributed by atoms with Gasteiger partial charge in [0.25, 0.3) is 0 Å². The van der Waals surface area contributed by atoms with E-state index in [0.29, 0.717) is 22.7 Å². The number of hydrogen-bond donors (Lipinski definition) is 3. The van der Waals surface area contributed by atoms with E-state index in [1.165, 1.54) is 30.6 Å². The number of nitrogens with one attached hydrogen (secondary N) is 2.